The smallest absolute Gasteiger partial charge is 0.232 e. The molecule has 0 heterocycles. The standard InChI is InChI=1S/C14H21O2P/c1-2-17(15,14-11-7-4-8-12-14)16-13-9-5-3-6-10-13/h4,7-8,11-13H,2-3,5-6,9-10H2,1H3. The van der Waals surface area contributed by atoms with Gasteiger partial charge in [0.05, 0.1) is 6.10 Å². The summed E-state index contributed by atoms with van der Waals surface area (Å²) >= 11 is 0. The highest BCUT2D eigenvalue weighted by molar-refractivity contribution is 7.66. The zero-order chi connectivity index (χ0) is 12.1. The van der Waals surface area contributed by atoms with Gasteiger partial charge < -0.3 is 4.52 Å². The van der Waals surface area contributed by atoms with Crippen LogP contribution in [-0.2, 0) is 9.09 Å². The molecule has 0 N–H and O–H groups in total. The van der Waals surface area contributed by atoms with Gasteiger partial charge in [-0.1, -0.05) is 44.4 Å². The van der Waals surface area contributed by atoms with E-state index >= 15 is 0 Å². The van der Waals surface area contributed by atoms with Gasteiger partial charge in [-0.15, -0.1) is 0 Å². The van der Waals surface area contributed by atoms with E-state index in [2.05, 4.69) is 0 Å². The maximum Gasteiger partial charge on any atom is 0.232 e. The molecule has 0 spiro atoms. The molecule has 2 nitrogen and oxygen atoms in total. The van der Waals surface area contributed by atoms with Crippen LogP contribution in [0.1, 0.15) is 39.0 Å². The van der Waals surface area contributed by atoms with Gasteiger partial charge in [-0.25, -0.2) is 0 Å². The molecule has 1 aromatic carbocycles. The van der Waals surface area contributed by atoms with E-state index in [1.807, 2.05) is 37.3 Å². The maximum absolute atomic E-state index is 12.8. The molecular weight excluding hydrogens is 231 g/mol. The molecule has 1 unspecified atom stereocenters. The fourth-order valence-corrected chi connectivity index (χ4v) is 4.34. The number of hydrogen-bond donors (Lipinski definition) is 0. The van der Waals surface area contributed by atoms with Gasteiger partial charge in [0.1, 0.15) is 0 Å². The van der Waals surface area contributed by atoms with Crippen LogP contribution in [0, 0.1) is 0 Å². The minimum Gasteiger partial charge on any atom is -0.322 e. The highest BCUT2D eigenvalue weighted by Crippen LogP contribution is 2.48. The predicted octanol–water partition coefficient (Wildman–Crippen LogP) is 3.96. The Kier molecular flexibility index (Phi) is 4.42. The predicted molar refractivity (Wildman–Crippen MR) is 72.2 cm³/mol. The summed E-state index contributed by atoms with van der Waals surface area (Å²) in [6.07, 6.45) is 6.64. The summed E-state index contributed by atoms with van der Waals surface area (Å²) in [4.78, 5) is 0. The van der Waals surface area contributed by atoms with E-state index in [9.17, 15) is 4.57 Å². The van der Waals surface area contributed by atoms with Crippen molar-refractivity contribution in [1.29, 1.82) is 0 Å². The molecule has 1 aromatic rings. The first-order valence-electron chi connectivity index (χ1n) is 6.57. The van der Waals surface area contributed by atoms with Gasteiger partial charge in [0, 0.05) is 11.5 Å². The normalized spacial score (nSPS) is 21.0. The third-order valence-electron chi connectivity index (χ3n) is 3.44. The highest BCUT2D eigenvalue weighted by Gasteiger charge is 2.28. The largest absolute Gasteiger partial charge is 0.322 e. The van der Waals surface area contributed by atoms with E-state index in [1.165, 1.54) is 19.3 Å². The summed E-state index contributed by atoms with van der Waals surface area (Å²) in [5, 5.41) is 0.869. The molecule has 0 aliphatic heterocycles. The molecule has 94 valence electrons. The van der Waals surface area contributed by atoms with E-state index in [4.69, 9.17) is 4.52 Å². The molecule has 0 saturated heterocycles. The van der Waals surface area contributed by atoms with Gasteiger partial charge in [0.2, 0.25) is 7.37 Å². The Hall–Kier alpha value is -0.590. The van der Waals surface area contributed by atoms with Gasteiger partial charge >= 0.3 is 0 Å². The van der Waals surface area contributed by atoms with Crippen molar-refractivity contribution in [3.63, 3.8) is 0 Å². The third kappa shape index (κ3) is 3.20. The topological polar surface area (TPSA) is 26.3 Å². The molecule has 2 rings (SSSR count). The zero-order valence-corrected chi connectivity index (χ0v) is 11.4. The van der Waals surface area contributed by atoms with Crippen molar-refractivity contribution >= 4 is 12.7 Å². The van der Waals surface area contributed by atoms with Crippen LogP contribution >= 0.6 is 7.37 Å². The first-order valence-corrected chi connectivity index (χ1v) is 8.38. The number of hydrogen-bond acceptors (Lipinski definition) is 2. The van der Waals surface area contributed by atoms with Crippen molar-refractivity contribution in [2.75, 3.05) is 6.16 Å². The lowest BCUT2D eigenvalue weighted by Crippen LogP contribution is -2.19. The average molecular weight is 252 g/mol. The molecule has 3 heteroatoms. The molecular formula is C14H21O2P. The first-order chi connectivity index (χ1) is 8.24. The molecule has 17 heavy (non-hydrogen) atoms. The van der Waals surface area contributed by atoms with Crippen LogP contribution in [0.4, 0.5) is 0 Å². The number of rotatable bonds is 4. The molecule has 1 saturated carbocycles. The van der Waals surface area contributed by atoms with Crippen LogP contribution < -0.4 is 5.30 Å². The Labute approximate surface area is 104 Å². The summed E-state index contributed by atoms with van der Waals surface area (Å²) in [6.45, 7) is 1.95. The summed E-state index contributed by atoms with van der Waals surface area (Å²) < 4.78 is 18.8. The zero-order valence-electron chi connectivity index (χ0n) is 10.5. The fraction of sp³-hybridized carbons (Fsp3) is 0.571. The van der Waals surface area contributed by atoms with Crippen molar-refractivity contribution in [1.82, 2.24) is 0 Å². The van der Waals surface area contributed by atoms with E-state index in [-0.39, 0.29) is 6.10 Å². The third-order valence-corrected chi connectivity index (χ3v) is 5.99. The summed E-state index contributed by atoms with van der Waals surface area (Å²) in [6, 6.07) is 9.66. The van der Waals surface area contributed by atoms with Gasteiger partial charge in [-0.05, 0) is 25.0 Å². The quantitative estimate of drug-likeness (QED) is 0.758. The molecule has 1 atom stereocenters. The Balaban J connectivity index is 2.11. The minimum absolute atomic E-state index is 0.203. The van der Waals surface area contributed by atoms with Crippen LogP contribution in [-0.4, -0.2) is 12.3 Å². The molecule has 1 fully saturated rings. The van der Waals surface area contributed by atoms with E-state index in [0.29, 0.717) is 6.16 Å². The lowest BCUT2D eigenvalue weighted by molar-refractivity contribution is 0.161. The van der Waals surface area contributed by atoms with Crippen LogP contribution in [0.2, 0.25) is 0 Å². The Morgan fingerprint density at radius 1 is 1.18 bits per heavy atom. The van der Waals surface area contributed by atoms with Crippen LogP contribution in [0.5, 0.6) is 0 Å². The van der Waals surface area contributed by atoms with Crippen LogP contribution in [0.15, 0.2) is 30.3 Å². The minimum atomic E-state index is -2.62. The summed E-state index contributed by atoms with van der Waals surface area (Å²) in [7, 11) is -2.62. The molecule has 0 radical (unpaired) electrons. The Morgan fingerprint density at radius 2 is 1.82 bits per heavy atom. The van der Waals surface area contributed by atoms with Crippen molar-refractivity contribution in [2.45, 2.75) is 45.1 Å². The lowest BCUT2D eigenvalue weighted by atomic mass is 9.98. The lowest BCUT2D eigenvalue weighted by Gasteiger charge is -2.27. The molecule has 0 aromatic heterocycles. The van der Waals surface area contributed by atoms with Gasteiger partial charge in [0.15, 0.2) is 0 Å². The SMILES string of the molecule is CCP(=O)(OC1CCCCC1)c1ccccc1. The van der Waals surface area contributed by atoms with Crippen LogP contribution in [0.3, 0.4) is 0 Å². The first kappa shape index (κ1) is 12.9. The summed E-state index contributed by atoms with van der Waals surface area (Å²) in [5.74, 6) is 0. The van der Waals surface area contributed by atoms with Gasteiger partial charge in [-0.3, -0.25) is 4.57 Å². The van der Waals surface area contributed by atoms with Gasteiger partial charge in [-0.2, -0.15) is 0 Å². The fourth-order valence-electron chi connectivity index (χ4n) is 2.38. The second-order valence-corrected chi connectivity index (χ2v) is 7.40. The van der Waals surface area contributed by atoms with E-state index in [1.54, 1.807) is 0 Å². The maximum atomic E-state index is 12.8. The van der Waals surface area contributed by atoms with Crippen LogP contribution in [0.25, 0.3) is 0 Å². The van der Waals surface area contributed by atoms with E-state index < -0.39 is 7.37 Å². The summed E-state index contributed by atoms with van der Waals surface area (Å²) in [5.41, 5.74) is 0. The Bertz CT molecular complexity index is 382. The molecule has 0 bridgehead atoms. The molecule has 1 aliphatic rings. The number of benzene rings is 1. The molecule has 1 aliphatic carbocycles. The highest BCUT2D eigenvalue weighted by atomic mass is 31.2. The van der Waals surface area contributed by atoms with Crippen molar-refractivity contribution in [3.8, 4) is 0 Å². The van der Waals surface area contributed by atoms with Crippen molar-refractivity contribution in [2.24, 2.45) is 0 Å². The second-order valence-electron chi connectivity index (χ2n) is 4.69. The van der Waals surface area contributed by atoms with Crippen molar-refractivity contribution in [3.05, 3.63) is 30.3 Å². The van der Waals surface area contributed by atoms with Crippen molar-refractivity contribution < 1.29 is 9.09 Å². The molecule has 0 amide bonds. The average Bonchev–Trinajstić information content (AvgIpc) is 2.41. The monoisotopic (exact) mass is 252 g/mol. The van der Waals surface area contributed by atoms with E-state index in [0.717, 1.165) is 18.1 Å². The van der Waals surface area contributed by atoms with Gasteiger partial charge in [0.25, 0.3) is 0 Å². The Morgan fingerprint density at radius 3 is 2.41 bits per heavy atom. The second kappa shape index (κ2) is 5.84.